The Morgan fingerprint density at radius 3 is 2.26 bits per heavy atom. The Labute approximate surface area is 119 Å². The van der Waals surface area contributed by atoms with E-state index in [0.717, 1.165) is 6.54 Å². The van der Waals surface area contributed by atoms with Gasteiger partial charge < -0.3 is 5.32 Å². The van der Waals surface area contributed by atoms with Gasteiger partial charge >= 0.3 is 0 Å². The summed E-state index contributed by atoms with van der Waals surface area (Å²) in [6, 6.07) is 11.3. The van der Waals surface area contributed by atoms with Crippen LogP contribution in [0, 0.1) is 5.92 Å². The maximum Gasteiger partial charge on any atom is 0.0323 e. The van der Waals surface area contributed by atoms with Gasteiger partial charge in [0.2, 0.25) is 0 Å². The van der Waals surface area contributed by atoms with Crippen LogP contribution < -0.4 is 5.32 Å². The third-order valence-electron chi connectivity index (χ3n) is 3.78. The second kappa shape index (κ2) is 8.16. The Morgan fingerprint density at radius 2 is 1.79 bits per heavy atom. The van der Waals surface area contributed by atoms with Crippen molar-refractivity contribution in [3.8, 4) is 0 Å². The van der Waals surface area contributed by atoms with E-state index in [2.05, 4.69) is 76.3 Å². The number of hydrogen-bond donors (Lipinski definition) is 1. The van der Waals surface area contributed by atoms with Crippen molar-refractivity contribution in [1.82, 2.24) is 5.32 Å². The Kier molecular flexibility index (Phi) is 6.86. The lowest BCUT2D eigenvalue weighted by Gasteiger charge is -2.31. The van der Waals surface area contributed by atoms with E-state index in [0.29, 0.717) is 17.9 Å². The standard InChI is InChI=1S/C18H29N/c1-6-15(5)18(16-11-9-8-10-12-16)17(19-7-2)13-14(3)4/h8-13,15,17-19H,6-7H2,1-5H3. The van der Waals surface area contributed by atoms with Crippen molar-refractivity contribution >= 4 is 0 Å². The highest BCUT2D eigenvalue weighted by molar-refractivity contribution is 5.25. The molecule has 0 aromatic heterocycles. The molecule has 1 aromatic carbocycles. The monoisotopic (exact) mass is 259 g/mol. The zero-order chi connectivity index (χ0) is 14.3. The molecule has 106 valence electrons. The zero-order valence-corrected chi connectivity index (χ0v) is 13.1. The smallest absolute Gasteiger partial charge is 0.0323 e. The van der Waals surface area contributed by atoms with Gasteiger partial charge in [0.25, 0.3) is 0 Å². The largest absolute Gasteiger partial charge is 0.310 e. The summed E-state index contributed by atoms with van der Waals surface area (Å²) in [7, 11) is 0. The molecule has 0 saturated heterocycles. The van der Waals surface area contributed by atoms with Crippen LogP contribution in [0.5, 0.6) is 0 Å². The van der Waals surface area contributed by atoms with Gasteiger partial charge in [0, 0.05) is 12.0 Å². The molecule has 0 heterocycles. The maximum absolute atomic E-state index is 3.65. The van der Waals surface area contributed by atoms with Crippen LogP contribution in [0.25, 0.3) is 0 Å². The average Bonchev–Trinajstić information content (AvgIpc) is 2.39. The van der Waals surface area contributed by atoms with Crippen LogP contribution >= 0.6 is 0 Å². The van der Waals surface area contributed by atoms with Crippen molar-refractivity contribution in [1.29, 1.82) is 0 Å². The van der Waals surface area contributed by atoms with E-state index in [4.69, 9.17) is 0 Å². The molecule has 0 aliphatic heterocycles. The third-order valence-corrected chi connectivity index (χ3v) is 3.78. The molecule has 0 bridgehead atoms. The normalized spacial score (nSPS) is 15.6. The molecule has 1 heteroatoms. The molecule has 0 aliphatic rings. The van der Waals surface area contributed by atoms with Crippen LogP contribution in [-0.2, 0) is 0 Å². The molecule has 0 spiro atoms. The first kappa shape index (κ1) is 16.0. The van der Waals surface area contributed by atoms with E-state index in [1.807, 2.05) is 0 Å². The predicted molar refractivity (Wildman–Crippen MR) is 85.5 cm³/mol. The van der Waals surface area contributed by atoms with Crippen molar-refractivity contribution < 1.29 is 0 Å². The fourth-order valence-electron chi connectivity index (χ4n) is 2.70. The molecule has 1 N–H and O–H groups in total. The summed E-state index contributed by atoms with van der Waals surface area (Å²) in [5.41, 5.74) is 2.83. The van der Waals surface area contributed by atoms with Crippen LogP contribution in [-0.4, -0.2) is 12.6 Å². The number of hydrogen-bond acceptors (Lipinski definition) is 1. The summed E-state index contributed by atoms with van der Waals surface area (Å²) in [6.07, 6.45) is 3.59. The fraction of sp³-hybridized carbons (Fsp3) is 0.556. The topological polar surface area (TPSA) is 12.0 Å². The van der Waals surface area contributed by atoms with Crippen LogP contribution in [0.2, 0.25) is 0 Å². The lowest BCUT2D eigenvalue weighted by molar-refractivity contribution is 0.376. The van der Waals surface area contributed by atoms with Crippen LogP contribution in [0.1, 0.15) is 52.5 Å². The second-order valence-electron chi connectivity index (χ2n) is 5.65. The molecule has 0 fully saturated rings. The zero-order valence-electron chi connectivity index (χ0n) is 13.1. The Bertz CT molecular complexity index is 376. The summed E-state index contributed by atoms with van der Waals surface area (Å²) < 4.78 is 0. The summed E-state index contributed by atoms with van der Waals surface area (Å²) in [4.78, 5) is 0. The number of allylic oxidation sites excluding steroid dienone is 1. The molecular formula is C18H29N. The summed E-state index contributed by atoms with van der Waals surface area (Å²) in [5, 5.41) is 3.65. The number of benzene rings is 1. The van der Waals surface area contributed by atoms with Gasteiger partial charge in [-0.25, -0.2) is 0 Å². The molecule has 19 heavy (non-hydrogen) atoms. The second-order valence-corrected chi connectivity index (χ2v) is 5.65. The first-order valence-electron chi connectivity index (χ1n) is 7.53. The maximum atomic E-state index is 3.65. The summed E-state index contributed by atoms with van der Waals surface area (Å²) >= 11 is 0. The van der Waals surface area contributed by atoms with Gasteiger partial charge in [-0.15, -0.1) is 0 Å². The van der Waals surface area contributed by atoms with E-state index in [9.17, 15) is 0 Å². The van der Waals surface area contributed by atoms with Gasteiger partial charge in [-0.05, 0) is 31.9 Å². The number of rotatable bonds is 7. The quantitative estimate of drug-likeness (QED) is 0.696. The van der Waals surface area contributed by atoms with Gasteiger partial charge in [0.15, 0.2) is 0 Å². The lowest BCUT2D eigenvalue weighted by Crippen LogP contribution is -2.36. The van der Waals surface area contributed by atoms with E-state index < -0.39 is 0 Å². The van der Waals surface area contributed by atoms with Gasteiger partial charge in [0.1, 0.15) is 0 Å². The van der Waals surface area contributed by atoms with Crippen molar-refractivity contribution in [2.24, 2.45) is 5.92 Å². The minimum absolute atomic E-state index is 0.423. The van der Waals surface area contributed by atoms with Crippen molar-refractivity contribution in [2.75, 3.05) is 6.54 Å². The third kappa shape index (κ3) is 4.83. The van der Waals surface area contributed by atoms with Crippen LogP contribution in [0.4, 0.5) is 0 Å². The van der Waals surface area contributed by atoms with Crippen molar-refractivity contribution in [3.63, 3.8) is 0 Å². The van der Waals surface area contributed by atoms with Gasteiger partial charge in [-0.1, -0.05) is 69.2 Å². The minimum Gasteiger partial charge on any atom is -0.310 e. The first-order chi connectivity index (χ1) is 9.10. The lowest BCUT2D eigenvalue weighted by atomic mass is 9.79. The van der Waals surface area contributed by atoms with Gasteiger partial charge in [-0.3, -0.25) is 0 Å². The Morgan fingerprint density at radius 1 is 1.16 bits per heavy atom. The molecule has 1 rings (SSSR count). The van der Waals surface area contributed by atoms with E-state index >= 15 is 0 Å². The number of nitrogens with one attached hydrogen (secondary N) is 1. The summed E-state index contributed by atoms with van der Waals surface area (Å²) in [6.45, 7) is 12.2. The molecule has 0 aliphatic carbocycles. The Balaban J connectivity index is 3.10. The Hall–Kier alpha value is -1.08. The van der Waals surface area contributed by atoms with E-state index in [1.165, 1.54) is 17.6 Å². The van der Waals surface area contributed by atoms with E-state index in [-0.39, 0.29) is 0 Å². The number of likely N-dealkylation sites (N-methyl/N-ethyl adjacent to an activating group) is 1. The van der Waals surface area contributed by atoms with Crippen LogP contribution in [0.3, 0.4) is 0 Å². The highest BCUT2D eigenvalue weighted by Gasteiger charge is 2.25. The van der Waals surface area contributed by atoms with Crippen LogP contribution in [0.15, 0.2) is 42.0 Å². The molecule has 0 amide bonds. The highest BCUT2D eigenvalue weighted by Crippen LogP contribution is 2.31. The van der Waals surface area contributed by atoms with Crippen molar-refractivity contribution in [2.45, 2.75) is 53.0 Å². The highest BCUT2D eigenvalue weighted by atomic mass is 14.9. The summed E-state index contributed by atoms with van der Waals surface area (Å²) in [5.74, 6) is 1.21. The van der Waals surface area contributed by atoms with E-state index in [1.54, 1.807) is 0 Å². The van der Waals surface area contributed by atoms with Gasteiger partial charge in [-0.2, -0.15) is 0 Å². The molecule has 0 radical (unpaired) electrons. The SMILES string of the molecule is CCNC(C=C(C)C)C(c1ccccc1)C(C)CC. The molecule has 0 saturated carbocycles. The predicted octanol–water partition coefficient (Wildman–Crippen LogP) is 4.76. The average molecular weight is 259 g/mol. The molecule has 3 unspecified atom stereocenters. The molecule has 1 nitrogen and oxygen atoms in total. The molecular weight excluding hydrogens is 230 g/mol. The molecule has 3 atom stereocenters. The van der Waals surface area contributed by atoms with Gasteiger partial charge in [0.05, 0.1) is 0 Å². The first-order valence-corrected chi connectivity index (χ1v) is 7.53. The molecule has 1 aromatic rings. The fourth-order valence-corrected chi connectivity index (χ4v) is 2.70. The van der Waals surface area contributed by atoms with Crippen molar-refractivity contribution in [3.05, 3.63) is 47.5 Å². The minimum atomic E-state index is 0.423.